The minimum atomic E-state index is -3.33. The molecule has 1 heterocycles. The van der Waals surface area contributed by atoms with Gasteiger partial charge in [0.25, 0.3) is 0 Å². The normalized spacial score (nSPS) is 22.6. The maximum atomic E-state index is 12.5. The standard InChI is InChI=1S/C14H22N2O2S/c1-3-12-8-9-16(10-12)19(17,18)14-6-4-13(5-7-14)11(2)15/h4-7,11-12H,3,8-10,15H2,1-2H3. The van der Waals surface area contributed by atoms with E-state index in [0.29, 0.717) is 23.9 Å². The zero-order valence-corrected chi connectivity index (χ0v) is 12.4. The van der Waals surface area contributed by atoms with Crippen LogP contribution in [0.2, 0.25) is 0 Å². The predicted octanol–water partition coefficient (Wildman–Crippen LogP) is 2.13. The summed E-state index contributed by atoms with van der Waals surface area (Å²) in [6.45, 7) is 5.28. The molecular formula is C14H22N2O2S. The van der Waals surface area contributed by atoms with Crippen LogP contribution in [0, 0.1) is 5.92 Å². The molecule has 2 unspecified atom stereocenters. The lowest BCUT2D eigenvalue weighted by Crippen LogP contribution is -2.28. The SMILES string of the molecule is CCC1CCN(S(=O)(=O)c2ccc(C(C)N)cc2)C1. The number of hydrogen-bond donors (Lipinski definition) is 1. The Labute approximate surface area is 115 Å². The average molecular weight is 282 g/mol. The first kappa shape index (κ1) is 14.5. The zero-order valence-electron chi connectivity index (χ0n) is 11.5. The van der Waals surface area contributed by atoms with E-state index in [2.05, 4.69) is 6.92 Å². The molecule has 0 aliphatic carbocycles. The van der Waals surface area contributed by atoms with Gasteiger partial charge in [0.15, 0.2) is 0 Å². The molecule has 1 aromatic carbocycles. The highest BCUT2D eigenvalue weighted by molar-refractivity contribution is 7.89. The second-order valence-corrected chi connectivity index (χ2v) is 7.22. The van der Waals surface area contributed by atoms with E-state index in [9.17, 15) is 8.42 Å². The van der Waals surface area contributed by atoms with Crippen LogP contribution in [0.25, 0.3) is 0 Å². The van der Waals surface area contributed by atoms with Gasteiger partial charge in [0, 0.05) is 19.1 Å². The van der Waals surface area contributed by atoms with Gasteiger partial charge in [-0.05, 0) is 37.0 Å². The summed E-state index contributed by atoms with van der Waals surface area (Å²) in [5, 5.41) is 0. The van der Waals surface area contributed by atoms with Crippen LogP contribution in [0.1, 0.15) is 38.3 Å². The first-order chi connectivity index (χ1) is 8.95. The van der Waals surface area contributed by atoms with Gasteiger partial charge in [0.1, 0.15) is 0 Å². The van der Waals surface area contributed by atoms with Crippen LogP contribution in [0.5, 0.6) is 0 Å². The third-order valence-corrected chi connectivity index (χ3v) is 5.75. The highest BCUT2D eigenvalue weighted by Gasteiger charge is 2.31. The van der Waals surface area contributed by atoms with Gasteiger partial charge in [-0.15, -0.1) is 0 Å². The van der Waals surface area contributed by atoms with Crippen molar-refractivity contribution in [3.63, 3.8) is 0 Å². The van der Waals surface area contributed by atoms with Gasteiger partial charge >= 0.3 is 0 Å². The molecule has 5 heteroatoms. The van der Waals surface area contributed by atoms with Crippen molar-refractivity contribution >= 4 is 10.0 Å². The fourth-order valence-electron chi connectivity index (χ4n) is 2.44. The van der Waals surface area contributed by atoms with Gasteiger partial charge in [-0.25, -0.2) is 8.42 Å². The van der Waals surface area contributed by atoms with Gasteiger partial charge in [-0.3, -0.25) is 0 Å². The quantitative estimate of drug-likeness (QED) is 0.920. The van der Waals surface area contributed by atoms with E-state index in [1.54, 1.807) is 28.6 Å². The molecule has 0 radical (unpaired) electrons. The van der Waals surface area contributed by atoms with Gasteiger partial charge in [-0.1, -0.05) is 25.5 Å². The van der Waals surface area contributed by atoms with Crippen molar-refractivity contribution < 1.29 is 8.42 Å². The van der Waals surface area contributed by atoms with Crippen molar-refractivity contribution in [3.8, 4) is 0 Å². The fraction of sp³-hybridized carbons (Fsp3) is 0.571. The molecule has 0 saturated carbocycles. The Kier molecular flexibility index (Phi) is 4.28. The summed E-state index contributed by atoms with van der Waals surface area (Å²) >= 11 is 0. The van der Waals surface area contributed by atoms with E-state index in [0.717, 1.165) is 18.4 Å². The lowest BCUT2D eigenvalue weighted by atomic mass is 10.1. The van der Waals surface area contributed by atoms with E-state index < -0.39 is 10.0 Å². The molecule has 2 N–H and O–H groups in total. The molecule has 0 aromatic heterocycles. The molecule has 1 fully saturated rings. The first-order valence-electron chi connectivity index (χ1n) is 6.81. The Balaban J connectivity index is 2.20. The third-order valence-electron chi connectivity index (χ3n) is 3.87. The van der Waals surface area contributed by atoms with Crippen LogP contribution in [0.15, 0.2) is 29.2 Å². The largest absolute Gasteiger partial charge is 0.324 e. The third kappa shape index (κ3) is 2.99. The van der Waals surface area contributed by atoms with Crippen molar-refractivity contribution in [2.75, 3.05) is 13.1 Å². The summed E-state index contributed by atoms with van der Waals surface area (Å²) in [5.74, 6) is 0.498. The Morgan fingerprint density at radius 2 is 2.00 bits per heavy atom. The van der Waals surface area contributed by atoms with Crippen molar-refractivity contribution in [3.05, 3.63) is 29.8 Å². The minimum absolute atomic E-state index is 0.0759. The molecule has 106 valence electrons. The predicted molar refractivity (Wildman–Crippen MR) is 76.2 cm³/mol. The summed E-state index contributed by atoms with van der Waals surface area (Å²) in [7, 11) is -3.33. The van der Waals surface area contributed by atoms with Crippen molar-refractivity contribution in [2.45, 2.75) is 37.6 Å². The van der Waals surface area contributed by atoms with Crippen LogP contribution in [-0.2, 0) is 10.0 Å². The molecule has 2 rings (SSSR count). The number of sulfonamides is 1. The summed E-state index contributed by atoms with van der Waals surface area (Å²) < 4.78 is 26.5. The average Bonchev–Trinajstić information content (AvgIpc) is 2.88. The van der Waals surface area contributed by atoms with E-state index in [1.165, 1.54) is 0 Å². The van der Waals surface area contributed by atoms with Gasteiger partial charge in [0.2, 0.25) is 10.0 Å². The molecule has 4 nitrogen and oxygen atoms in total. The summed E-state index contributed by atoms with van der Waals surface area (Å²) in [6, 6.07) is 6.84. The molecule has 1 saturated heterocycles. The Hall–Kier alpha value is -0.910. The maximum Gasteiger partial charge on any atom is 0.243 e. The summed E-state index contributed by atoms with van der Waals surface area (Å²) in [4.78, 5) is 0.369. The second kappa shape index (κ2) is 5.61. The van der Waals surface area contributed by atoms with E-state index in [1.807, 2.05) is 6.92 Å². The molecule has 0 amide bonds. The first-order valence-corrected chi connectivity index (χ1v) is 8.25. The number of nitrogens with two attached hydrogens (primary N) is 1. The Bertz CT molecular complexity index is 523. The molecular weight excluding hydrogens is 260 g/mol. The molecule has 0 spiro atoms. The lowest BCUT2D eigenvalue weighted by molar-refractivity contribution is 0.453. The molecule has 2 atom stereocenters. The molecule has 1 aromatic rings. The van der Waals surface area contributed by atoms with Crippen LogP contribution in [-0.4, -0.2) is 25.8 Å². The summed E-state index contributed by atoms with van der Waals surface area (Å²) in [6.07, 6.45) is 2.00. The number of hydrogen-bond acceptors (Lipinski definition) is 3. The monoisotopic (exact) mass is 282 g/mol. The highest BCUT2D eigenvalue weighted by Crippen LogP contribution is 2.26. The van der Waals surface area contributed by atoms with Gasteiger partial charge in [0.05, 0.1) is 4.90 Å². The van der Waals surface area contributed by atoms with Gasteiger partial charge < -0.3 is 5.73 Å². The van der Waals surface area contributed by atoms with E-state index in [-0.39, 0.29) is 6.04 Å². The molecule has 1 aliphatic rings. The summed E-state index contributed by atoms with van der Waals surface area (Å²) in [5.41, 5.74) is 6.72. The Morgan fingerprint density at radius 3 is 2.47 bits per heavy atom. The fourth-order valence-corrected chi connectivity index (χ4v) is 3.97. The van der Waals surface area contributed by atoms with Crippen LogP contribution in [0.4, 0.5) is 0 Å². The molecule has 1 aliphatic heterocycles. The zero-order chi connectivity index (χ0) is 14.0. The van der Waals surface area contributed by atoms with Crippen LogP contribution >= 0.6 is 0 Å². The maximum absolute atomic E-state index is 12.5. The lowest BCUT2D eigenvalue weighted by Gasteiger charge is -2.17. The van der Waals surface area contributed by atoms with Crippen molar-refractivity contribution in [1.82, 2.24) is 4.31 Å². The molecule has 0 bridgehead atoms. The van der Waals surface area contributed by atoms with Crippen LogP contribution in [0.3, 0.4) is 0 Å². The van der Waals surface area contributed by atoms with E-state index >= 15 is 0 Å². The number of rotatable bonds is 4. The highest BCUT2D eigenvalue weighted by atomic mass is 32.2. The van der Waals surface area contributed by atoms with E-state index in [4.69, 9.17) is 5.73 Å². The molecule has 19 heavy (non-hydrogen) atoms. The second-order valence-electron chi connectivity index (χ2n) is 5.28. The minimum Gasteiger partial charge on any atom is -0.324 e. The van der Waals surface area contributed by atoms with Gasteiger partial charge in [-0.2, -0.15) is 4.31 Å². The van der Waals surface area contributed by atoms with Crippen molar-refractivity contribution in [2.24, 2.45) is 11.7 Å². The Morgan fingerprint density at radius 1 is 1.37 bits per heavy atom. The number of nitrogens with zero attached hydrogens (tertiary/aromatic N) is 1. The number of benzene rings is 1. The topological polar surface area (TPSA) is 63.4 Å². The smallest absolute Gasteiger partial charge is 0.243 e. The van der Waals surface area contributed by atoms with Crippen LogP contribution < -0.4 is 5.73 Å². The van der Waals surface area contributed by atoms with Crippen molar-refractivity contribution in [1.29, 1.82) is 0 Å².